The van der Waals surface area contributed by atoms with Gasteiger partial charge in [-0.15, -0.1) is 0 Å². The summed E-state index contributed by atoms with van der Waals surface area (Å²) in [6.07, 6.45) is 0. The third-order valence-electron chi connectivity index (χ3n) is 4.02. The van der Waals surface area contributed by atoms with Gasteiger partial charge in [-0.3, -0.25) is 4.79 Å². The zero-order valence-electron chi connectivity index (χ0n) is 14.6. The first-order valence-electron chi connectivity index (χ1n) is 7.99. The average molecular weight is 396 g/mol. The molecule has 0 unspecified atom stereocenters. The maximum absolute atomic E-state index is 12.6. The molecule has 0 fully saturated rings. The van der Waals surface area contributed by atoms with Gasteiger partial charge in [0.2, 0.25) is 10.0 Å². The van der Waals surface area contributed by atoms with Crippen molar-refractivity contribution in [1.29, 1.82) is 0 Å². The van der Waals surface area contributed by atoms with E-state index in [9.17, 15) is 18.0 Å². The number of carbonyl (C=O) groups is 1. The molecule has 0 saturated heterocycles. The third kappa shape index (κ3) is 4.25. The van der Waals surface area contributed by atoms with Gasteiger partial charge in [-0.1, -0.05) is 12.1 Å². The first-order valence-corrected chi connectivity index (χ1v) is 9.43. The van der Waals surface area contributed by atoms with E-state index in [0.717, 1.165) is 4.31 Å². The Morgan fingerprint density at radius 1 is 1.04 bits per heavy atom. The van der Waals surface area contributed by atoms with Gasteiger partial charge in [0.25, 0.3) is 5.56 Å². The molecule has 1 aromatic heterocycles. The molecule has 0 aliphatic carbocycles. The van der Waals surface area contributed by atoms with Crippen molar-refractivity contribution in [3.05, 3.63) is 52.3 Å². The Balaban J connectivity index is 2.42. The van der Waals surface area contributed by atoms with Crippen LogP contribution < -0.4 is 5.56 Å². The van der Waals surface area contributed by atoms with E-state index in [-0.39, 0.29) is 36.8 Å². The summed E-state index contributed by atoms with van der Waals surface area (Å²) in [7, 11) is -2.46. The highest BCUT2D eigenvalue weighted by molar-refractivity contribution is 7.89. The second-order valence-corrected chi connectivity index (χ2v) is 7.62. The maximum atomic E-state index is 12.6. The highest BCUT2D eigenvalue weighted by atomic mass is 32.2. The molecule has 0 amide bonds. The van der Waals surface area contributed by atoms with Crippen LogP contribution in [0.25, 0.3) is 11.3 Å². The highest BCUT2D eigenvalue weighted by Gasteiger charge is 2.23. The Kier molecular flexibility index (Phi) is 6.50. The Hall–Kier alpha value is -2.53. The molecule has 0 radical (unpaired) electrons. The minimum atomic E-state index is -3.89. The number of carboxylic acid groups (broad SMARTS) is 1. The van der Waals surface area contributed by atoms with Gasteiger partial charge < -0.3 is 19.9 Å². The number of hydrogen-bond acceptors (Lipinski definition) is 6. The number of aromatic carboxylic acids is 1. The summed E-state index contributed by atoms with van der Waals surface area (Å²) in [5, 5.41) is 27.0. The Labute approximate surface area is 155 Å². The molecular formula is C17H20N2O7S. The van der Waals surface area contributed by atoms with Crippen LogP contribution in [-0.2, 0) is 17.1 Å². The van der Waals surface area contributed by atoms with Crippen molar-refractivity contribution >= 4 is 16.0 Å². The van der Waals surface area contributed by atoms with Crippen LogP contribution in [0.2, 0.25) is 0 Å². The highest BCUT2D eigenvalue weighted by Crippen LogP contribution is 2.22. The molecule has 3 N–H and O–H groups in total. The normalized spacial score (nSPS) is 11.7. The van der Waals surface area contributed by atoms with E-state index in [0.29, 0.717) is 11.3 Å². The van der Waals surface area contributed by atoms with Gasteiger partial charge in [0.05, 0.1) is 23.8 Å². The lowest BCUT2D eigenvalue weighted by Crippen LogP contribution is -2.35. The SMILES string of the molecule is Cn1c(-c2ccc(S(=O)(=O)N(CCO)CCO)cc2)ccc(C(=O)O)c1=O. The molecule has 9 nitrogen and oxygen atoms in total. The molecule has 27 heavy (non-hydrogen) atoms. The van der Waals surface area contributed by atoms with Crippen LogP contribution in [-0.4, -0.2) is 64.9 Å². The standard InChI is InChI=1S/C17H20N2O7S/c1-18-15(7-6-14(16(18)22)17(23)24)12-2-4-13(5-3-12)27(25,26)19(8-10-20)9-11-21/h2-7,20-21H,8-11H2,1H3,(H,23,24). The van der Waals surface area contributed by atoms with Crippen molar-refractivity contribution in [3.8, 4) is 11.3 Å². The molecule has 1 aromatic carbocycles. The number of pyridine rings is 1. The van der Waals surface area contributed by atoms with Gasteiger partial charge in [0.1, 0.15) is 5.56 Å². The maximum Gasteiger partial charge on any atom is 0.341 e. The molecule has 0 atom stereocenters. The predicted molar refractivity (Wildman–Crippen MR) is 97.0 cm³/mol. The predicted octanol–water partition coefficient (Wildman–Crippen LogP) is -0.274. The van der Waals surface area contributed by atoms with Gasteiger partial charge in [-0.25, -0.2) is 13.2 Å². The Bertz CT molecular complexity index is 975. The number of rotatable bonds is 8. The molecule has 10 heteroatoms. The summed E-state index contributed by atoms with van der Waals surface area (Å²) in [6, 6.07) is 8.37. The zero-order chi connectivity index (χ0) is 20.2. The fraction of sp³-hybridized carbons (Fsp3) is 0.294. The zero-order valence-corrected chi connectivity index (χ0v) is 15.4. The van der Waals surface area contributed by atoms with Crippen molar-refractivity contribution in [2.45, 2.75) is 4.90 Å². The van der Waals surface area contributed by atoms with Crippen LogP contribution in [0, 0.1) is 0 Å². The van der Waals surface area contributed by atoms with Crippen LogP contribution >= 0.6 is 0 Å². The van der Waals surface area contributed by atoms with E-state index in [1.54, 1.807) is 0 Å². The molecule has 0 saturated carbocycles. The summed E-state index contributed by atoms with van der Waals surface area (Å²) in [6.45, 7) is -1.05. The molecule has 2 rings (SSSR count). The third-order valence-corrected chi connectivity index (χ3v) is 5.93. The van der Waals surface area contributed by atoms with E-state index in [1.165, 1.54) is 48.0 Å². The minimum absolute atomic E-state index is 0.0275. The van der Waals surface area contributed by atoms with E-state index in [2.05, 4.69) is 0 Å². The summed E-state index contributed by atoms with van der Waals surface area (Å²) < 4.78 is 27.3. The van der Waals surface area contributed by atoms with Crippen LogP contribution in [0.1, 0.15) is 10.4 Å². The fourth-order valence-electron chi connectivity index (χ4n) is 2.61. The fourth-order valence-corrected chi connectivity index (χ4v) is 4.03. The topological polar surface area (TPSA) is 137 Å². The second kappa shape index (κ2) is 8.44. The number of nitrogens with zero attached hydrogens (tertiary/aromatic N) is 2. The van der Waals surface area contributed by atoms with Crippen molar-refractivity contribution in [3.63, 3.8) is 0 Å². The molecule has 146 valence electrons. The molecule has 2 aromatic rings. The van der Waals surface area contributed by atoms with Gasteiger partial charge in [0.15, 0.2) is 0 Å². The van der Waals surface area contributed by atoms with Crippen molar-refractivity contribution in [2.75, 3.05) is 26.3 Å². The summed E-state index contributed by atoms with van der Waals surface area (Å²) >= 11 is 0. The number of hydrogen-bond donors (Lipinski definition) is 3. The first kappa shape index (κ1) is 20.8. The van der Waals surface area contributed by atoms with Crippen LogP contribution in [0.5, 0.6) is 0 Å². The second-order valence-electron chi connectivity index (χ2n) is 5.68. The molecule has 0 aliphatic heterocycles. The van der Waals surface area contributed by atoms with Gasteiger partial charge >= 0.3 is 5.97 Å². The van der Waals surface area contributed by atoms with E-state index in [4.69, 9.17) is 15.3 Å². The van der Waals surface area contributed by atoms with Crippen molar-refractivity contribution < 1.29 is 28.5 Å². The molecule has 0 bridgehead atoms. The Morgan fingerprint density at radius 2 is 1.59 bits per heavy atom. The number of benzene rings is 1. The quantitative estimate of drug-likeness (QED) is 0.558. The number of aliphatic hydroxyl groups is 2. The molecule has 0 aliphatic rings. The van der Waals surface area contributed by atoms with Crippen LogP contribution in [0.4, 0.5) is 0 Å². The molecule has 0 spiro atoms. The first-order chi connectivity index (χ1) is 12.7. The van der Waals surface area contributed by atoms with Gasteiger partial charge in [0, 0.05) is 20.1 Å². The lowest BCUT2D eigenvalue weighted by molar-refractivity contribution is 0.0694. The summed E-state index contributed by atoms with van der Waals surface area (Å²) in [5.74, 6) is -1.32. The van der Waals surface area contributed by atoms with Gasteiger partial charge in [-0.2, -0.15) is 4.31 Å². The number of carboxylic acids is 1. The largest absolute Gasteiger partial charge is 0.477 e. The van der Waals surface area contributed by atoms with Gasteiger partial charge in [-0.05, 0) is 29.8 Å². The molecular weight excluding hydrogens is 376 g/mol. The van der Waals surface area contributed by atoms with E-state index in [1.807, 2.05) is 0 Å². The monoisotopic (exact) mass is 396 g/mol. The lowest BCUT2D eigenvalue weighted by Gasteiger charge is -2.20. The van der Waals surface area contributed by atoms with E-state index < -0.39 is 21.6 Å². The van der Waals surface area contributed by atoms with Crippen molar-refractivity contribution in [2.24, 2.45) is 7.05 Å². The van der Waals surface area contributed by atoms with Crippen LogP contribution in [0.3, 0.4) is 0 Å². The number of aliphatic hydroxyl groups excluding tert-OH is 2. The number of sulfonamides is 1. The molecule has 1 heterocycles. The van der Waals surface area contributed by atoms with E-state index >= 15 is 0 Å². The van der Waals surface area contributed by atoms with Crippen LogP contribution in [0.15, 0.2) is 46.1 Å². The summed E-state index contributed by atoms with van der Waals surface area (Å²) in [5.41, 5.74) is -0.0734. The minimum Gasteiger partial charge on any atom is -0.477 e. The smallest absolute Gasteiger partial charge is 0.341 e. The number of aromatic nitrogens is 1. The Morgan fingerprint density at radius 3 is 2.07 bits per heavy atom. The lowest BCUT2D eigenvalue weighted by atomic mass is 10.1. The van der Waals surface area contributed by atoms with Crippen molar-refractivity contribution in [1.82, 2.24) is 8.87 Å². The summed E-state index contributed by atoms with van der Waals surface area (Å²) in [4.78, 5) is 23.1. The average Bonchev–Trinajstić information content (AvgIpc) is 2.63.